The van der Waals surface area contributed by atoms with E-state index in [2.05, 4.69) is 22.1 Å². The Labute approximate surface area is 77.9 Å². The fourth-order valence-corrected chi connectivity index (χ4v) is 1.85. The Morgan fingerprint density at radius 1 is 1.54 bits per heavy atom. The Bertz CT molecular complexity index is 284. The molecule has 1 aromatic rings. The molecular weight excluding hydrogens is 166 g/mol. The molecule has 4 heteroatoms. The average molecular weight is 181 g/mol. The molecule has 13 heavy (non-hydrogen) atoms. The molecule has 1 fully saturated rings. The molecule has 0 aliphatic carbocycles. The fourth-order valence-electron chi connectivity index (χ4n) is 1.85. The molecule has 2 heterocycles. The van der Waals surface area contributed by atoms with Crippen LogP contribution in [0.25, 0.3) is 0 Å². The highest BCUT2D eigenvalue weighted by atomic mass is 16.5. The molecule has 0 N–H and O–H groups in total. The summed E-state index contributed by atoms with van der Waals surface area (Å²) in [5.41, 5.74) is 0. The number of nitrogens with zero attached hydrogens (tertiary/aromatic N) is 3. The van der Waals surface area contributed by atoms with Crippen LogP contribution < -0.4 is 0 Å². The van der Waals surface area contributed by atoms with E-state index < -0.39 is 0 Å². The number of hydrogen-bond donors (Lipinski definition) is 0. The summed E-state index contributed by atoms with van der Waals surface area (Å²) < 4.78 is 5.16. The van der Waals surface area contributed by atoms with Crippen LogP contribution in [-0.2, 0) is 0 Å². The van der Waals surface area contributed by atoms with E-state index in [1.54, 1.807) is 0 Å². The molecular formula is C9H15N3O. The topological polar surface area (TPSA) is 42.2 Å². The first kappa shape index (κ1) is 8.69. The van der Waals surface area contributed by atoms with Gasteiger partial charge < -0.3 is 9.42 Å². The zero-order valence-corrected chi connectivity index (χ0v) is 8.16. The van der Waals surface area contributed by atoms with Crippen molar-refractivity contribution in [2.24, 2.45) is 0 Å². The number of likely N-dealkylation sites (tertiary alicyclic amines) is 1. The summed E-state index contributed by atoms with van der Waals surface area (Å²) in [4.78, 5) is 6.58. The van der Waals surface area contributed by atoms with E-state index >= 15 is 0 Å². The molecule has 0 bridgehead atoms. The van der Waals surface area contributed by atoms with Crippen LogP contribution in [0.2, 0.25) is 0 Å². The second-order valence-electron chi connectivity index (χ2n) is 3.78. The number of rotatable bonds is 1. The second-order valence-corrected chi connectivity index (χ2v) is 3.78. The number of aryl methyl sites for hydroxylation is 1. The Morgan fingerprint density at radius 3 is 3.00 bits per heavy atom. The summed E-state index contributed by atoms with van der Waals surface area (Å²) in [6, 6.07) is 0. The third-order valence-corrected chi connectivity index (χ3v) is 2.52. The van der Waals surface area contributed by atoms with Gasteiger partial charge in [-0.25, -0.2) is 0 Å². The van der Waals surface area contributed by atoms with Crippen LogP contribution in [0.1, 0.15) is 30.5 Å². The van der Waals surface area contributed by atoms with Gasteiger partial charge in [-0.3, -0.25) is 0 Å². The SMILES string of the molecule is Cc1noc([C@H]2CCCN(C)C2)n1. The molecule has 1 aliphatic rings. The van der Waals surface area contributed by atoms with E-state index in [1.807, 2.05) is 6.92 Å². The highest BCUT2D eigenvalue weighted by molar-refractivity contribution is 4.95. The maximum Gasteiger partial charge on any atom is 0.231 e. The molecule has 72 valence electrons. The quantitative estimate of drug-likeness (QED) is 0.652. The van der Waals surface area contributed by atoms with Gasteiger partial charge in [0.05, 0.1) is 5.92 Å². The van der Waals surface area contributed by atoms with Gasteiger partial charge in [0.25, 0.3) is 0 Å². The Hall–Kier alpha value is -0.900. The smallest absolute Gasteiger partial charge is 0.231 e. The summed E-state index contributed by atoms with van der Waals surface area (Å²) >= 11 is 0. The summed E-state index contributed by atoms with van der Waals surface area (Å²) in [7, 11) is 2.13. The van der Waals surface area contributed by atoms with Crippen LogP contribution in [0.4, 0.5) is 0 Å². The third-order valence-electron chi connectivity index (χ3n) is 2.52. The van der Waals surface area contributed by atoms with Gasteiger partial charge in [0, 0.05) is 6.54 Å². The van der Waals surface area contributed by atoms with Crippen LogP contribution in [0.3, 0.4) is 0 Å². The van der Waals surface area contributed by atoms with E-state index in [9.17, 15) is 0 Å². The van der Waals surface area contributed by atoms with Crippen molar-refractivity contribution < 1.29 is 4.52 Å². The minimum atomic E-state index is 0.444. The van der Waals surface area contributed by atoms with Gasteiger partial charge in [0.15, 0.2) is 5.82 Å². The lowest BCUT2D eigenvalue weighted by atomic mass is 9.99. The number of piperidine rings is 1. The summed E-state index contributed by atoms with van der Waals surface area (Å²) in [5, 5.41) is 3.81. The Morgan fingerprint density at radius 2 is 2.38 bits per heavy atom. The predicted molar refractivity (Wildman–Crippen MR) is 48.5 cm³/mol. The van der Waals surface area contributed by atoms with Gasteiger partial charge in [-0.15, -0.1) is 0 Å². The van der Waals surface area contributed by atoms with Gasteiger partial charge in [0.2, 0.25) is 5.89 Å². The van der Waals surface area contributed by atoms with E-state index in [1.165, 1.54) is 19.4 Å². The van der Waals surface area contributed by atoms with Crippen LogP contribution in [-0.4, -0.2) is 35.2 Å². The molecule has 0 unspecified atom stereocenters. The van der Waals surface area contributed by atoms with Crippen molar-refractivity contribution >= 4 is 0 Å². The van der Waals surface area contributed by atoms with E-state index in [4.69, 9.17) is 4.52 Å². The first-order valence-corrected chi connectivity index (χ1v) is 4.74. The fraction of sp³-hybridized carbons (Fsp3) is 0.778. The standard InChI is InChI=1S/C9H15N3O/c1-7-10-9(13-11-7)8-4-3-5-12(2)6-8/h8H,3-6H2,1-2H3/t8-/m0/s1. The van der Waals surface area contributed by atoms with Gasteiger partial charge in [-0.2, -0.15) is 4.98 Å². The van der Waals surface area contributed by atoms with Crippen LogP contribution in [0.5, 0.6) is 0 Å². The molecule has 1 aliphatic heterocycles. The van der Waals surface area contributed by atoms with Gasteiger partial charge in [-0.1, -0.05) is 5.16 Å². The lowest BCUT2D eigenvalue weighted by molar-refractivity contribution is 0.220. The van der Waals surface area contributed by atoms with Crippen molar-refractivity contribution in [1.29, 1.82) is 0 Å². The molecule has 1 atom stereocenters. The van der Waals surface area contributed by atoms with Crippen molar-refractivity contribution in [3.8, 4) is 0 Å². The molecule has 1 saturated heterocycles. The van der Waals surface area contributed by atoms with E-state index in [0.29, 0.717) is 5.92 Å². The Balaban J connectivity index is 2.08. The van der Waals surface area contributed by atoms with E-state index in [-0.39, 0.29) is 0 Å². The Kier molecular flexibility index (Phi) is 2.31. The number of aromatic nitrogens is 2. The molecule has 0 aromatic carbocycles. The predicted octanol–water partition coefficient (Wildman–Crippen LogP) is 1.19. The zero-order chi connectivity index (χ0) is 9.26. The summed E-state index contributed by atoms with van der Waals surface area (Å²) in [5.74, 6) is 1.99. The molecule has 0 saturated carbocycles. The van der Waals surface area contributed by atoms with E-state index in [0.717, 1.165) is 18.3 Å². The van der Waals surface area contributed by atoms with Crippen LogP contribution in [0, 0.1) is 6.92 Å². The van der Waals surface area contributed by atoms with Crippen LogP contribution >= 0.6 is 0 Å². The van der Waals surface area contributed by atoms with Crippen molar-refractivity contribution in [2.45, 2.75) is 25.7 Å². The first-order valence-electron chi connectivity index (χ1n) is 4.74. The lowest BCUT2D eigenvalue weighted by Gasteiger charge is -2.27. The molecule has 2 rings (SSSR count). The second kappa shape index (κ2) is 3.46. The van der Waals surface area contributed by atoms with Crippen molar-refractivity contribution in [3.05, 3.63) is 11.7 Å². The maximum absolute atomic E-state index is 5.16. The average Bonchev–Trinajstić information content (AvgIpc) is 2.52. The summed E-state index contributed by atoms with van der Waals surface area (Å²) in [6.07, 6.45) is 2.40. The van der Waals surface area contributed by atoms with Crippen molar-refractivity contribution in [3.63, 3.8) is 0 Å². The van der Waals surface area contributed by atoms with Gasteiger partial charge >= 0.3 is 0 Å². The minimum absolute atomic E-state index is 0.444. The highest BCUT2D eigenvalue weighted by Gasteiger charge is 2.23. The molecule has 1 aromatic heterocycles. The van der Waals surface area contributed by atoms with Crippen molar-refractivity contribution in [1.82, 2.24) is 15.0 Å². The maximum atomic E-state index is 5.16. The van der Waals surface area contributed by atoms with Gasteiger partial charge in [0.1, 0.15) is 0 Å². The first-order chi connectivity index (χ1) is 6.25. The zero-order valence-electron chi connectivity index (χ0n) is 8.16. The number of likely N-dealkylation sites (N-methyl/N-ethyl adjacent to an activating group) is 1. The summed E-state index contributed by atoms with van der Waals surface area (Å²) in [6.45, 7) is 4.09. The molecule has 0 amide bonds. The van der Waals surface area contributed by atoms with Crippen LogP contribution in [0.15, 0.2) is 4.52 Å². The normalized spacial score (nSPS) is 24.9. The molecule has 0 spiro atoms. The van der Waals surface area contributed by atoms with Gasteiger partial charge in [-0.05, 0) is 33.4 Å². The number of hydrogen-bond acceptors (Lipinski definition) is 4. The van der Waals surface area contributed by atoms with Crippen molar-refractivity contribution in [2.75, 3.05) is 20.1 Å². The minimum Gasteiger partial charge on any atom is -0.339 e. The largest absolute Gasteiger partial charge is 0.339 e. The molecule has 4 nitrogen and oxygen atoms in total. The monoisotopic (exact) mass is 181 g/mol. The highest BCUT2D eigenvalue weighted by Crippen LogP contribution is 2.24. The molecule has 0 radical (unpaired) electrons. The lowest BCUT2D eigenvalue weighted by Crippen LogP contribution is -2.30. The third kappa shape index (κ3) is 1.88.